The van der Waals surface area contributed by atoms with Gasteiger partial charge in [-0.2, -0.15) is 0 Å². The molecule has 1 aromatic carbocycles. The minimum absolute atomic E-state index is 0.185. The summed E-state index contributed by atoms with van der Waals surface area (Å²) in [4.78, 5) is 11.8. The molecule has 1 fully saturated rings. The van der Waals surface area contributed by atoms with Crippen LogP contribution in [0.25, 0.3) is 0 Å². The van der Waals surface area contributed by atoms with Crippen LogP contribution in [0, 0.1) is 5.92 Å². The fourth-order valence-electron chi connectivity index (χ4n) is 2.11. The van der Waals surface area contributed by atoms with Gasteiger partial charge >= 0.3 is 0 Å². The van der Waals surface area contributed by atoms with Crippen LogP contribution in [0.2, 0.25) is 0 Å². The zero-order chi connectivity index (χ0) is 12.3. The molecule has 0 atom stereocenters. The van der Waals surface area contributed by atoms with E-state index in [-0.39, 0.29) is 18.3 Å². The fraction of sp³-hybridized carbons (Fsp3) is 0.462. The van der Waals surface area contributed by atoms with Crippen molar-refractivity contribution < 1.29 is 9.53 Å². The lowest BCUT2D eigenvalue weighted by Crippen LogP contribution is -2.19. The molecule has 17 heavy (non-hydrogen) atoms. The lowest BCUT2D eigenvalue weighted by Gasteiger charge is -2.11. The quantitative estimate of drug-likeness (QED) is 0.796. The van der Waals surface area contributed by atoms with Gasteiger partial charge in [-0.25, -0.2) is 0 Å². The number of carbonyl (C=O) groups excluding carboxylic acids is 1. The summed E-state index contributed by atoms with van der Waals surface area (Å²) in [5.41, 5.74) is 0. The van der Waals surface area contributed by atoms with Gasteiger partial charge in [0.05, 0.1) is 4.47 Å². The highest BCUT2D eigenvalue weighted by Gasteiger charge is 2.22. The van der Waals surface area contributed by atoms with Gasteiger partial charge in [0.15, 0.2) is 5.78 Å². The molecule has 0 saturated heterocycles. The number of hydrogen-bond donors (Lipinski definition) is 0. The van der Waals surface area contributed by atoms with Gasteiger partial charge in [-0.3, -0.25) is 4.79 Å². The molecule has 0 unspecified atom stereocenters. The van der Waals surface area contributed by atoms with Crippen molar-refractivity contribution in [2.45, 2.75) is 25.7 Å². The van der Waals surface area contributed by atoms with Crippen molar-refractivity contribution in [3.63, 3.8) is 0 Å². The largest absolute Gasteiger partial charge is 0.485 e. The van der Waals surface area contributed by atoms with Gasteiger partial charge in [0, 0.05) is 10.4 Å². The van der Waals surface area contributed by atoms with Crippen molar-refractivity contribution >= 4 is 37.6 Å². The molecule has 0 amide bonds. The second kappa shape index (κ2) is 6.01. The van der Waals surface area contributed by atoms with Crippen molar-refractivity contribution in [2.24, 2.45) is 5.92 Å². The van der Waals surface area contributed by atoms with Gasteiger partial charge in [0.1, 0.15) is 12.4 Å². The van der Waals surface area contributed by atoms with E-state index in [9.17, 15) is 4.79 Å². The number of Topliss-reactive ketones (excluding diaryl/α,β-unsaturated/α-hetero) is 1. The molecule has 4 heteroatoms. The van der Waals surface area contributed by atoms with Crippen LogP contribution < -0.4 is 4.74 Å². The molecule has 2 rings (SSSR count). The second-order valence-corrected chi connectivity index (χ2v) is 6.08. The van der Waals surface area contributed by atoms with Gasteiger partial charge in [0.2, 0.25) is 0 Å². The molecule has 1 saturated carbocycles. The van der Waals surface area contributed by atoms with Crippen LogP contribution in [0.15, 0.2) is 27.1 Å². The molecule has 0 aliphatic heterocycles. The summed E-state index contributed by atoms with van der Waals surface area (Å²) in [7, 11) is 0. The molecule has 0 radical (unpaired) electrons. The van der Waals surface area contributed by atoms with Crippen LogP contribution in [0.5, 0.6) is 5.75 Å². The Balaban J connectivity index is 1.90. The van der Waals surface area contributed by atoms with E-state index in [4.69, 9.17) is 4.74 Å². The van der Waals surface area contributed by atoms with E-state index in [0.29, 0.717) is 0 Å². The molecule has 1 aliphatic rings. The maximum Gasteiger partial charge on any atom is 0.173 e. The third-order valence-corrected chi connectivity index (χ3v) is 4.19. The van der Waals surface area contributed by atoms with Crippen LogP contribution in [-0.4, -0.2) is 12.4 Å². The summed E-state index contributed by atoms with van der Waals surface area (Å²) in [6.07, 6.45) is 4.42. The summed E-state index contributed by atoms with van der Waals surface area (Å²) < 4.78 is 7.40. The Morgan fingerprint density at radius 2 is 2.00 bits per heavy atom. The standard InChI is InChI=1S/C13H14Br2O2/c14-10-5-6-13(11(15)7-10)17-8-12(16)9-3-1-2-4-9/h5-7,9H,1-4,8H2. The van der Waals surface area contributed by atoms with Crippen molar-refractivity contribution in [2.75, 3.05) is 6.61 Å². The summed E-state index contributed by atoms with van der Waals surface area (Å²) in [6, 6.07) is 5.67. The zero-order valence-electron chi connectivity index (χ0n) is 9.42. The Morgan fingerprint density at radius 3 is 2.65 bits per heavy atom. The maximum absolute atomic E-state index is 11.8. The van der Waals surface area contributed by atoms with Gasteiger partial charge in [-0.05, 0) is 47.0 Å². The molecular formula is C13H14Br2O2. The highest BCUT2D eigenvalue weighted by molar-refractivity contribution is 9.11. The summed E-state index contributed by atoms with van der Waals surface area (Å²) in [5.74, 6) is 1.18. The summed E-state index contributed by atoms with van der Waals surface area (Å²) >= 11 is 6.79. The van der Waals surface area contributed by atoms with E-state index in [0.717, 1.165) is 27.5 Å². The molecule has 92 valence electrons. The number of benzene rings is 1. The molecule has 0 heterocycles. The van der Waals surface area contributed by atoms with Crippen molar-refractivity contribution in [1.29, 1.82) is 0 Å². The fourth-order valence-corrected chi connectivity index (χ4v) is 3.27. The Labute approximate surface area is 118 Å². The Bertz CT molecular complexity index is 412. The van der Waals surface area contributed by atoms with E-state index in [2.05, 4.69) is 31.9 Å². The molecule has 1 aliphatic carbocycles. The minimum atomic E-state index is 0.185. The molecular weight excluding hydrogens is 348 g/mol. The molecule has 0 N–H and O–H groups in total. The molecule has 0 spiro atoms. The third kappa shape index (κ3) is 3.55. The highest BCUT2D eigenvalue weighted by Crippen LogP contribution is 2.29. The molecule has 2 nitrogen and oxygen atoms in total. The van der Waals surface area contributed by atoms with Crippen LogP contribution in [-0.2, 0) is 4.79 Å². The van der Waals surface area contributed by atoms with Crippen molar-refractivity contribution in [1.82, 2.24) is 0 Å². The van der Waals surface area contributed by atoms with Gasteiger partial charge in [-0.1, -0.05) is 28.8 Å². The van der Waals surface area contributed by atoms with E-state index in [1.165, 1.54) is 12.8 Å². The average molecular weight is 362 g/mol. The van der Waals surface area contributed by atoms with E-state index in [1.54, 1.807) is 0 Å². The van der Waals surface area contributed by atoms with Crippen LogP contribution in [0.1, 0.15) is 25.7 Å². The summed E-state index contributed by atoms with van der Waals surface area (Å²) in [6.45, 7) is 0.185. The molecule has 0 aromatic heterocycles. The SMILES string of the molecule is O=C(COc1ccc(Br)cc1Br)C1CCCC1. The Morgan fingerprint density at radius 1 is 1.29 bits per heavy atom. The first kappa shape index (κ1) is 13.1. The van der Waals surface area contributed by atoms with Gasteiger partial charge < -0.3 is 4.74 Å². The van der Waals surface area contributed by atoms with Crippen LogP contribution in [0.4, 0.5) is 0 Å². The van der Waals surface area contributed by atoms with Gasteiger partial charge in [0.25, 0.3) is 0 Å². The lowest BCUT2D eigenvalue weighted by molar-refractivity contribution is -0.124. The molecule has 1 aromatic rings. The lowest BCUT2D eigenvalue weighted by atomic mass is 10.0. The Hall–Kier alpha value is -0.350. The van der Waals surface area contributed by atoms with Crippen molar-refractivity contribution in [3.05, 3.63) is 27.1 Å². The number of hydrogen-bond acceptors (Lipinski definition) is 2. The number of rotatable bonds is 4. The first-order chi connectivity index (χ1) is 8.16. The minimum Gasteiger partial charge on any atom is -0.485 e. The highest BCUT2D eigenvalue weighted by atomic mass is 79.9. The monoisotopic (exact) mass is 360 g/mol. The van der Waals surface area contributed by atoms with Crippen molar-refractivity contribution in [3.8, 4) is 5.75 Å². The average Bonchev–Trinajstić information content (AvgIpc) is 2.81. The first-order valence-corrected chi connectivity index (χ1v) is 7.36. The normalized spacial score (nSPS) is 16.1. The predicted molar refractivity (Wildman–Crippen MR) is 74.3 cm³/mol. The van der Waals surface area contributed by atoms with Gasteiger partial charge in [-0.15, -0.1) is 0 Å². The van der Waals surface area contributed by atoms with E-state index in [1.807, 2.05) is 18.2 Å². The summed E-state index contributed by atoms with van der Waals surface area (Å²) in [5, 5.41) is 0. The second-order valence-electron chi connectivity index (χ2n) is 4.31. The predicted octanol–water partition coefficient (Wildman–Crippen LogP) is 4.35. The van der Waals surface area contributed by atoms with Crippen LogP contribution in [0.3, 0.4) is 0 Å². The zero-order valence-corrected chi connectivity index (χ0v) is 12.6. The number of ether oxygens (including phenoxy) is 1. The smallest absolute Gasteiger partial charge is 0.173 e. The van der Waals surface area contributed by atoms with E-state index >= 15 is 0 Å². The number of halogens is 2. The topological polar surface area (TPSA) is 26.3 Å². The van der Waals surface area contributed by atoms with Crippen LogP contribution >= 0.6 is 31.9 Å². The molecule has 0 bridgehead atoms. The number of ketones is 1. The Kier molecular flexibility index (Phi) is 4.62. The number of carbonyl (C=O) groups is 1. The van der Waals surface area contributed by atoms with E-state index < -0.39 is 0 Å². The maximum atomic E-state index is 11.8. The third-order valence-electron chi connectivity index (χ3n) is 3.07. The first-order valence-electron chi connectivity index (χ1n) is 5.77.